The van der Waals surface area contributed by atoms with Crippen molar-refractivity contribution in [1.29, 1.82) is 0 Å². The fraction of sp³-hybridized carbons (Fsp3) is 0.600. The molecule has 0 aliphatic carbocycles. The maximum atomic E-state index is 3.67. The highest BCUT2D eigenvalue weighted by Gasteiger charge is 2.16. The first-order chi connectivity index (χ1) is 8.22. The zero-order valence-corrected chi connectivity index (χ0v) is 12.3. The molecule has 0 heterocycles. The van der Waals surface area contributed by atoms with Gasteiger partial charge in [-0.2, -0.15) is 0 Å². The first kappa shape index (κ1) is 14.6. The van der Waals surface area contributed by atoms with Crippen molar-refractivity contribution in [3.8, 4) is 0 Å². The van der Waals surface area contributed by atoms with Gasteiger partial charge >= 0.3 is 0 Å². The summed E-state index contributed by atoms with van der Waals surface area (Å²) in [6, 6.07) is 9.48. The lowest BCUT2D eigenvalue weighted by Gasteiger charge is -2.25. The summed E-state index contributed by atoms with van der Waals surface area (Å²) in [4.78, 5) is 1.34. The van der Waals surface area contributed by atoms with E-state index in [2.05, 4.69) is 56.6 Å². The van der Waals surface area contributed by atoms with Crippen LogP contribution in [0.25, 0.3) is 0 Å². The topological polar surface area (TPSA) is 12.0 Å². The van der Waals surface area contributed by atoms with Crippen LogP contribution in [-0.4, -0.2) is 12.8 Å². The SMILES string of the molecule is CCCNC(c1ccc(SC)cc1)C(C)CC. The van der Waals surface area contributed by atoms with Gasteiger partial charge in [-0.25, -0.2) is 0 Å². The fourth-order valence-corrected chi connectivity index (χ4v) is 2.40. The quantitative estimate of drug-likeness (QED) is 0.716. The normalized spacial score (nSPS) is 14.6. The van der Waals surface area contributed by atoms with Gasteiger partial charge in [-0.3, -0.25) is 0 Å². The molecule has 0 aliphatic rings. The van der Waals surface area contributed by atoms with Crippen molar-refractivity contribution in [3.63, 3.8) is 0 Å². The predicted molar refractivity (Wildman–Crippen MR) is 78.7 cm³/mol. The standard InChI is InChI=1S/C15H25NS/c1-5-11-16-15(12(3)6-2)13-7-9-14(17-4)10-8-13/h7-10,12,15-16H,5-6,11H2,1-4H3. The van der Waals surface area contributed by atoms with Crippen LogP contribution in [0.4, 0.5) is 0 Å². The van der Waals surface area contributed by atoms with Crippen LogP contribution in [0.2, 0.25) is 0 Å². The molecule has 0 fully saturated rings. The average molecular weight is 251 g/mol. The van der Waals surface area contributed by atoms with E-state index in [1.54, 1.807) is 11.8 Å². The van der Waals surface area contributed by atoms with E-state index >= 15 is 0 Å². The fourth-order valence-electron chi connectivity index (χ4n) is 1.99. The third-order valence-corrected chi connectivity index (χ3v) is 4.05. The molecule has 0 amide bonds. The van der Waals surface area contributed by atoms with E-state index in [1.165, 1.54) is 23.3 Å². The lowest BCUT2D eigenvalue weighted by molar-refractivity contribution is 0.377. The minimum atomic E-state index is 0.496. The average Bonchev–Trinajstić information content (AvgIpc) is 2.39. The Morgan fingerprint density at radius 2 is 1.82 bits per heavy atom. The highest BCUT2D eigenvalue weighted by Crippen LogP contribution is 2.26. The van der Waals surface area contributed by atoms with Gasteiger partial charge in [-0.05, 0) is 42.8 Å². The van der Waals surface area contributed by atoms with Gasteiger partial charge in [-0.1, -0.05) is 39.3 Å². The molecule has 2 atom stereocenters. The molecule has 1 aromatic rings. The Morgan fingerprint density at radius 1 is 1.18 bits per heavy atom. The zero-order chi connectivity index (χ0) is 12.7. The number of benzene rings is 1. The maximum absolute atomic E-state index is 3.67. The van der Waals surface area contributed by atoms with Crippen LogP contribution in [0.3, 0.4) is 0 Å². The Labute approximate surface area is 110 Å². The molecule has 0 spiro atoms. The summed E-state index contributed by atoms with van der Waals surface area (Å²) in [5.74, 6) is 0.682. The van der Waals surface area contributed by atoms with Gasteiger partial charge in [0.15, 0.2) is 0 Å². The number of thioether (sulfide) groups is 1. The molecule has 1 rings (SSSR count). The third-order valence-electron chi connectivity index (χ3n) is 3.30. The van der Waals surface area contributed by atoms with E-state index in [0.717, 1.165) is 6.54 Å². The highest BCUT2D eigenvalue weighted by atomic mass is 32.2. The molecule has 17 heavy (non-hydrogen) atoms. The maximum Gasteiger partial charge on any atom is 0.0345 e. The molecule has 1 aromatic carbocycles. The monoisotopic (exact) mass is 251 g/mol. The molecule has 0 aromatic heterocycles. The highest BCUT2D eigenvalue weighted by molar-refractivity contribution is 7.98. The minimum absolute atomic E-state index is 0.496. The predicted octanol–water partition coefficient (Wildman–Crippen LogP) is 4.50. The number of rotatable bonds is 7. The molecule has 0 radical (unpaired) electrons. The van der Waals surface area contributed by atoms with Crippen LogP contribution in [0.15, 0.2) is 29.2 Å². The molecule has 0 saturated carbocycles. The molecule has 0 saturated heterocycles. The van der Waals surface area contributed by atoms with Crippen molar-refractivity contribution in [2.24, 2.45) is 5.92 Å². The molecular weight excluding hydrogens is 226 g/mol. The van der Waals surface area contributed by atoms with Crippen LogP contribution < -0.4 is 5.32 Å². The smallest absolute Gasteiger partial charge is 0.0345 e. The van der Waals surface area contributed by atoms with E-state index in [-0.39, 0.29) is 0 Å². The van der Waals surface area contributed by atoms with E-state index in [9.17, 15) is 0 Å². The number of nitrogens with one attached hydrogen (secondary N) is 1. The van der Waals surface area contributed by atoms with Crippen LogP contribution in [-0.2, 0) is 0 Å². The summed E-state index contributed by atoms with van der Waals surface area (Å²) >= 11 is 1.80. The van der Waals surface area contributed by atoms with Crippen LogP contribution in [0.5, 0.6) is 0 Å². The Kier molecular flexibility index (Phi) is 6.68. The van der Waals surface area contributed by atoms with Crippen LogP contribution in [0.1, 0.15) is 45.2 Å². The van der Waals surface area contributed by atoms with Crippen molar-refractivity contribution >= 4 is 11.8 Å². The second-order valence-electron chi connectivity index (χ2n) is 4.59. The van der Waals surface area contributed by atoms with Crippen LogP contribution in [0, 0.1) is 5.92 Å². The molecule has 2 unspecified atom stereocenters. The second kappa shape index (κ2) is 7.78. The molecule has 2 heteroatoms. The molecule has 1 nitrogen and oxygen atoms in total. The zero-order valence-electron chi connectivity index (χ0n) is 11.5. The van der Waals surface area contributed by atoms with Crippen molar-refractivity contribution in [1.82, 2.24) is 5.32 Å². The van der Waals surface area contributed by atoms with Gasteiger partial charge in [-0.15, -0.1) is 11.8 Å². The summed E-state index contributed by atoms with van der Waals surface area (Å²) in [7, 11) is 0. The molecule has 0 bridgehead atoms. The number of hydrogen-bond donors (Lipinski definition) is 1. The van der Waals surface area contributed by atoms with Crippen molar-refractivity contribution in [2.45, 2.75) is 44.6 Å². The Hall–Kier alpha value is -0.470. The second-order valence-corrected chi connectivity index (χ2v) is 5.47. The van der Waals surface area contributed by atoms with Gasteiger partial charge in [0.25, 0.3) is 0 Å². The molecule has 0 aliphatic heterocycles. The molecule has 1 N–H and O–H groups in total. The summed E-state index contributed by atoms with van der Waals surface area (Å²) in [5.41, 5.74) is 1.42. The van der Waals surface area contributed by atoms with Gasteiger partial charge in [0.2, 0.25) is 0 Å². The Balaban J connectivity index is 2.79. The van der Waals surface area contributed by atoms with Crippen molar-refractivity contribution in [2.75, 3.05) is 12.8 Å². The minimum Gasteiger partial charge on any atom is -0.310 e. The van der Waals surface area contributed by atoms with E-state index in [4.69, 9.17) is 0 Å². The lowest BCUT2D eigenvalue weighted by Crippen LogP contribution is -2.27. The Morgan fingerprint density at radius 3 is 2.29 bits per heavy atom. The molecule has 96 valence electrons. The summed E-state index contributed by atoms with van der Waals surface area (Å²) in [5, 5.41) is 3.67. The van der Waals surface area contributed by atoms with Gasteiger partial charge in [0.1, 0.15) is 0 Å². The summed E-state index contributed by atoms with van der Waals surface area (Å²) in [6.07, 6.45) is 4.53. The van der Waals surface area contributed by atoms with Gasteiger partial charge in [0, 0.05) is 10.9 Å². The van der Waals surface area contributed by atoms with Crippen molar-refractivity contribution in [3.05, 3.63) is 29.8 Å². The lowest BCUT2D eigenvalue weighted by atomic mass is 9.92. The summed E-state index contributed by atoms with van der Waals surface area (Å²) in [6.45, 7) is 7.91. The van der Waals surface area contributed by atoms with E-state index in [0.29, 0.717) is 12.0 Å². The first-order valence-corrected chi connectivity index (χ1v) is 7.82. The molecular formula is C15H25NS. The summed E-state index contributed by atoms with van der Waals surface area (Å²) < 4.78 is 0. The van der Waals surface area contributed by atoms with Gasteiger partial charge < -0.3 is 5.32 Å². The largest absolute Gasteiger partial charge is 0.310 e. The first-order valence-electron chi connectivity index (χ1n) is 6.60. The van der Waals surface area contributed by atoms with Crippen LogP contribution >= 0.6 is 11.8 Å². The number of hydrogen-bond acceptors (Lipinski definition) is 2. The van der Waals surface area contributed by atoms with Crippen molar-refractivity contribution < 1.29 is 0 Å². The van der Waals surface area contributed by atoms with E-state index in [1.807, 2.05) is 0 Å². The van der Waals surface area contributed by atoms with E-state index < -0.39 is 0 Å². The third kappa shape index (κ3) is 4.36. The Bertz CT molecular complexity index is 307. The van der Waals surface area contributed by atoms with Gasteiger partial charge in [0.05, 0.1) is 0 Å².